The van der Waals surface area contributed by atoms with Gasteiger partial charge in [0.25, 0.3) is 0 Å². The standard InChI is InChI=1S/C19H15N3/c1-2-4-16(5-3-1)14-21-18-6-8-19(9-7-18)22-15-17-10-12-20-13-11-17/h1-15H. The normalized spacial score (nSPS) is 11.3. The predicted octanol–water partition coefficient (Wildman–Crippen LogP) is 4.58. The molecule has 0 aliphatic carbocycles. The molecule has 3 aromatic rings. The van der Waals surface area contributed by atoms with E-state index in [0.717, 1.165) is 22.5 Å². The van der Waals surface area contributed by atoms with Gasteiger partial charge in [0.05, 0.1) is 11.4 Å². The predicted molar refractivity (Wildman–Crippen MR) is 91.6 cm³/mol. The zero-order valence-electron chi connectivity index (χ0n) is 12.0. The van der Waals surface area contributed by atoms with Gasteiger partial charge >= 0.3 is 0 Å². The minimum Gasteiger partial charge on any atom is -0.265 e. The number of rotatable bonds is 4. The average molecular weight is 285 g/mol. The van der Waals surface area contributed by atoms with Gasteiger partial charge in [-0.05, 0) is 47.5 Å². The lowest BCUT2D eigenvalue weighted by atomic mass is 10.2. The Hall–Kier alpha value is -3.07. The number of aliphatic imine (C=N–C) groups is 2. The van der Waals surface area contributed by atoms with Crippen molar-refractivity contribution in [1.82, 2.24) is 4.98 Å². The molecule has 0 spiro atoms. The van der Waals surface area contributed by atoms with Gasteiger partial charge in [-0.25, -0.2) is 0 Å². The first kappa shape index (κ1) is 13.9. The molecule has 1 heterocycles. The lowest BCUT2D eigenvalue weighted by Gasteiger charge is -1.96. The van der Waals surface area contributed by atoms with E-state index in [4.69, 9.17) is 0 Å². The van der Waals surface area contributed by atoms with Crippen molar-refractivity contribution in [2.45, 2.75) is 0 Å². The van der Waals surface area contributed by atoms with Crippen LogP contribution in [0.4, 0.5) is 11.4 Å². The van der Waals surface area contributed by atoms with Gasteiger partial charge in [0.2, 0.25) is 0 Å². The Morgan fingerprint density at radius 1 is 0.591 bits per heavy atom. The summed E-state index contributed by atoms with van der Waals surface area (Å²) in [5.41, 5.74) is 3.92. The van der Waals surface area contributed by atoms with Crippen LogP contribution in [0.25, 0.3) is 0 Å². The Labute approximate surface area is 129 Å². The Morgan fingerprint density at radius 3 is 1.64 bits per heavy atom. The van der Waals surface area contributed by atoms with Crippen molar-refractivity contribution < 1.29 is 0 Å². The second-order valence-corrected chi connectivity index (χ2v) is 4.72. The van der Waals surface area contributed by atoms with Crippen molar-refractivity contribution in [3.05, 3.63) is 90.3 Å². The molecule has 0 radical (unpaired) electrons. The molecule has 0 N–H and O–H groups in total. The van der Waals surface area contributed by atoms with E-state index in [1.54, 1.807) is 12.4 Å². The monoisotopic (exact) mass is 285 g/mol. The highest BCUT2D eigenvalue weighted by Crippen LogP contribution is 2.18. The van der Waals surface area contributed by atoms with Crippen LogP contribution in [-0.2, 0) is 0 Å². The highest BCUT2D eigenvalue weighted by Gasteiger charge is 1.91. The third-order valence-electron chi connectivity index (χ3n) is 3.08. The molecule has 3 nitrogen and oxygen atoms in total. The highest BCUT2D eigenvalue weighted by molar-refractivity contribution is 5.83. The SMILES string of the molecule is C(=Nc1ccc(N=Cc2ccncc2)cc1)c1ccccc1. The Morgan fingerprint density at radius 2 is 1.09 bits per heavy atom. The number of hydrogen-bond donors (Lipinski definition) is 0. The number of aromatic nitrogens is 1. The maximum atomic E-state index is 4.45. The minimum atomic E-state index is 0.899. The molecule has 106 valence electrons. The first-order chi connectivity index (χ1) is 10.9. The lowest BCUT2D eigenvalue weighted by molar-refractivity contribution is 1.32. The number of benzene rings is 2. The molecule has 3 heteroatoms. The zero-order valence-corrected chi connectivity index (χ0v) is 12.0. The van der Waals surface area contributed by atoms with Crippen molar-refractivity contribution in [3.63, 3.8) is 0 Å². The molecular weight excluding hydrogens is 270 g/mol. The number of pyridine rings is 1. The van der Waals surface area contributed by atoms with Gasteiger partial charge in [-0.3, -0.25) is 15.0 Å². The third-order valence-corrected chi connectivity index (χ3v) is 3.08. The second kappa shape index (κ2) is 7.09. The molecule has 0 saturated carbocycles. The van der Waals surface area contributed by atoms with Crippen LogP contribution in [0.15, 0.2) is 89.1 Å². The summed E-state index contributed by atoms with van der Waals surface area (Å²) < 4.78 is 0. The van der Waals surface area contributed by atoms with Crippen LogP contribution in [0.3, 0.4) is 0 Å². The highest BCUT2D eigenvalue weighted by atomic mass is 14.7. The molecule has 0 aliphatic rings. The first-order valence-corrected chi connectivity index (χ1v) is 7.03. The van der Waals surface area contributed by atoms with Crippen LogP contribution in [0.2, 0.25) is 0 Å². The van der Waals surface area contributed by atoms with Gasteiger partial charge in [-0.1, -0.05) is 30.3 Å². The van der Waals surface area contributed by atoms with E-state index in [1.165, 1.54) is 0 Å². The van der Waals surface area contributed by atoms with E-state index in [1.807, 2.05) is 79.2 Å². The molecular formula is C19H15N3. The molecule has 0 aliphatic heterocycles. The molecule has 0 atom stereocenters. The summed E-state index contributed by atoms with van der Waals surface area (Å²) in [7, 11) is 0. The molecule has 1 aromatic heterocycles. The van der Waals surface area contributed by atoms with E-state index in [2.05, 4.69) is 15.0 Å². The second-order valence-electron chi connectivity index (χ2n) is 4.72. The number of hydrogen-bond acceptors (Lipinski definition) is 3. The van der Waals surface area contributed by atoms with Gasteiger partial charge in [0.1, 0.15) is 0 Å². The van der Waals surface area contributed by atoms with Gasteiger partial charge in [0, 0.05) is 24.8 Å². The summed E-state index contributed by atoms with van der Waals surface area (Å²) in [5.74, 6) is 0. The van der Waals surface area contributed by atoms with Crippen LogP contribution in [0, 0.1) is 0 Å². The van der Waals surface area contributed by atoms with E-state index >= 15 is 0 Å². The zero-order chi connectivity index (χ0) is 15.0. The van der Waals surface area contributed by atoms with E-state index in [0.29, 0.717) is 0 Å². The molecule has 3 rings (SSSR count). The van der Waals surface area contributed by atoms with E-state index < -0.39 is 0 Å². The Bertz CT molecular complexity index is 692. The fraction of sp³-hybridized carbons (Fsp3) is 0. The summed E-state index contributed by atoms with van der Waals surface area (Å²) >= 11 is 0. The summed E-state index contributed by atoms with van der Waals surface area (Å²) in [6.45, 7) is 0. The fourth-order valence-electron chi connectivity index (χ4n) is 1.91. The van der Waals surface area contributed by atoms with Crippen molar-refractivity contribution in [2.24, 2.45) is 9.98 Å². The largest absolute Gasteiger partial charge is 0.265 e. The maximum Gasteiger partial charge on any atom is 0.0631 e. The van der Waals surface area contributed by atoms with Crippen LogP contribution in [0.1, 0.15) is 11.1 Å². The van der Waals surface area contributed by atoms with Gasteiger partial charge in [0.15, 0.2) is 0 Å². The summed E-state index contributed by atoms with van der Waals surface area (Å²) in [6, 6.07) is 21.7. The smallest absolute Gasteiger partial charge is 0.0631 e. The molecule has 22 heavy (non-hydrogen) atoms. The van der Waals surface area contributed by atoms with Crippen LogP contribution < -0.4 is 0 Å². The molecule has 0 bridgehead atoms. The molecule has 0 amide bonds. The van der Waals surface area contributed by atoms with Crippen molar-refractivity contribution in [2.75, 3.05) is 0 Å². The summed E-state index contributed by atoms with van der Waals surface area (Å²) in [4.78, 5) is 12.9. The fourth-order valence-corrected chi connectivity index (χ4v) is 1.91. The van der Waals surface area contributed by atoms with E-state index in [-0.39, 0.29) is 0 Å². The van der Waals surface area contributed by atoms with Gasteiger partial charge in [-0.15, -0.1) is 0 Å². The summed E-state index contributed by atoms with van der Waals surface area (Å²) in [6.07, 6.45) is 7.19. The van der Waals surface area contributed by atoms with Gasteiger partial charge in [-0.2, -0.15) is 0 Å². The molecule has 0 fully saturated rings. The minimum absolute atomic E-state index is 0.899. The first-order valence-electron chi connectivity index (χ1n) is 7.03. The van der Waals surface area contributed by atoms with Crippen LogP contribution >= 0.6 is 0 Å². The van der Waals surface area contributed by atoms with Crippen molar-refractivity contribution in [3.8, 4) is 0 Å². The van der Waals surface area contributed by atoms with Crippen molar-refractivity contribution in [1.29, 1.82) is 0 Å². The molecule has 0 saturated heterocycles. The topological polar surface area (TPSA) is 37.6 Å². The maximum absolute atomic E-state index is 4.45. The van der Waals surface area contributed by atoms with Gasteiger partial charge < -0.3 is 0 Å². The molecule has 0 unspecified atom stereocenters. The average Bonchev–Trinajstić information content (AvgIpc) is 2.61. The number of nitrogens with zero attached hydrogens (tertiary/aromatic N) is 3. The Kier molecular flexibility index (Phi) is 4.47. The third kappa shape index (κ3) is 3.96. The van der Waals surface area contributed by atoms with Crippen LogP contribution in [-0.4, -0.2) is 17.4 Å². The lowest BCUT2D eigenvalue weighted by Crippen LogP contribution is -1.80. The van der Waals surface area contributed by atoms with E-state index in [9.17, 15) is 0 Å². The summed E-state index contributed by atoms with van der Waals surface area (Å²) in [5, 5.41) is 0. The Balaban J connectivity index is 1.68. The van der Waals surface area contributed by atoms with Crippen molar-refractivity contribution >= 4 is 23.8 Å². The quantitative estimate of drug-likeness (QED) is 0.646. The molecule has 2 aromatic carbocycles. The van der Waals surface area contributed by atoms with Crippen LogP contribution in [0.5, 0.6) is 0 Å².